The molecular weight excluding hydrogens is 478 g/mol. The first-order valence-corrected chi connectivity index (χ1v) is 13.0. The Kier molecular flexibility index (Phi) is 7.63. The van der Waals surface area contributed by atoms with E-state index in [-0.39, 0.29) is 0 Å². The highest BCUT2D eigenvalue weighted by atomic mass is 32.1. The molecule has 0 spiro atoms. The van der Waals surface area contributed by atoms with Gasteiger partial charge >= 0.3 is 0 Å². The summed E-state index contributed by atoms with van der Waals surface area (Å²) in [6.07, 6.45) is 5.65. The van der Waals surface area contributed by atoms with Crippen LogP contribution in [0.3, 0.4) is 0 Å². The van der Waals surface area contributed by atoms with Gasteiger partial charge in [-0.15, -0.1) is 11.3 Å². The third-order valence-electron chi connectivity index (χ3n) is 6.01. The molecule has 0 fully saturated rings. The van der Waals surface area contributed by atoms with Crippen molar-refractivity contribution in [1.82, 2.24) is 24.8 Å². The average molecular weight is 508 g/mol. The van der Waals surface area contributed by atoms with Crippen LogP contribution in [0.25, 0.3) is 21.1 Å². The SMILES string of the molecule is COc1ccc(-c2cnc(-c3cccc(CN(Cc4cc(C)ccn4)Cc4cc(C)ccn4)n3)s2)cc1. The number of benzene rings is 1. The van der Waals surface area contributed by atoms with E-state index >= 15 is 0 Å². The predicted octanol–water partition coefficient (Wildman–Crippen LogP) is 6.49. The van der Waals surface area contributed by atoms with E-state index in [2.05, 4.69) is 70.1 Å². The van der Waals surface area contributed by atoms with Crippen molar-refractivity contribution < 1.29 is 4.74 Å². The molecule has 37 heavy (non-hydrogen) atoms. The van der Waals surface area contributed by atoms with E-state index in [0.717, 1.165) is 44.0 Å². The molecule has 7 heteroatoms. The van der Waals surface area contributed by atoms with Gasteiger partial charge in [0.25, 0.3) is 0 Å². The molecule has 0 amide bonds. The Bertz CT molecular complexity index is 1430. The molecule has 5 rings (SSSR count). The summed E-state index contributed by atoms with van der Waals surface area (Å²) in [4.78, 5) is 22.3. The van der Waals surface area contributed by atoms with Crippen molar-refractivity contribution in [3.63, 3.8) is 0 Å². The van der Waals surface area contributed by atoms with Gasteiger partial charge in [0.05, 0.1) is 34.8 Å². The zero-order valence-corrected chi connectivity index (χ0v) is 22.1. The van der Waals surface area contributed by atoms with Gasteiger partial charge in [0, 0.05) is 38.2 Å². The number of aryl methyl sites for hydroxylation is 2. The van der Waals surface area contributed by atoms with Crippen molar-refractivity contribution >= 4 is 11.3 Å². The maximum absolute atomic E-state index is 5.28. The quantitative estimate of drug-likeness (QED) is 0.227. The lowest BCUT2D eigenvalue weighted by molar-refractivity contribution is 0.239. The lowest BCUT2D eigenvalue weighted by atomic mass is 10.2. The van der Waals surface area contributed by atoms with Gasteiger partial charge in [-0.1, -0.05) is 6.07 Å². The fraction of sp³-hybridized carbons (Fsp3) is 0.200. The Morgan fingerprint density at radius 1 is 0.757 bits per heavy atom. The summed E-state index contributed by atoms with van der Waals surface area (Å²) in [6, 6.07) is 22.5. The van der Waals surface area contributed by atoms with E-state index in [9.17, 15) is 0 Å². The van der Waals surface area contributed by atoms with Gasteiger partial charge in [-0.05, 0) is 91.2 Å². The molecule has 0 aliphatic heterocycles. The molecule has 0 aliphatic rings. The van der Waals surface area contributed by atoms with E-state index in [1.165, 1.54) is 11.1 Å². The summed E-state index contributed by atoms with van der Waals surface area (Å²) in [5, 5.41) is 0.903. The number of aromatic nitrogens is 4. The second kappa shape index (κ2) is 11.4. The summed E-state index contributed by atoms with van der Waals surface area (Å²) in [5.41, 5.74) is 7.46. The molecule has 186 valence electrons. The highest BCUT2D eigenvalue weighted by Gasteiger charge is 2.14. The molecule has 0 bridgehead atoms. The zero-order chi connectivity index (χ0) is 25.6. The largest absolute Gasteiger partial charge is 0.497 e. The minimum atomic E-state index is 0.676. The lowest BCUT2D eigenvalue weighted by Gasteiger charge is -2.22. The Morgan fingerprint density at radius 2 is 1.41 bits per heavy atom. The molecule has 0 saturated carbocycles. The molecule has 0 saturated heterocycles. The smallest absolute Gasteiger partial charge is 0.142 e. The van der Waals surface area contributed by atoms with Crippen LogP contribution in [-0.4, -0.2) is 31.9 Å². The molecule has 1 aromatic carbocycles. The molecule has 0 N–H and O–H groups in total. The Balaban J connectivity index is 1.37. The number of hydrogen-bond donors (Lipinski definition) is 0. The highest BCUT2D eigenvalue weighted by Crippen LogP contribution is 2.32. The first-order valence-electron chi connectivity index (χ1n) is 12.2. The van der Waals surface area contributed by atoms with Gasteiger partial charge < -0.3 is 4.74 Å². The van der Waals surface area contributed by atoms with Gasteiger partial charge in [-0.2, -0.15) is 0 Å². The third kappa shape index (κ3) is 6.44. The Labute approximate surface area is 221 Å². The van der Waals surface area contributed by atoms with Crippen molar-refractivity contribution in [3.05, 3.63) is 114 Å². The summed E-state index contributed by atoms with van der Waals surface area (Å²) in [6.45, 7) is 6.29. The zero-order valence-electron chi connectivity index (χ0n) is 21.3. The standard InChI is InChI=1S/C30H29N5OS/c1-21-11-13-31-25(15-21)19-35(20-26-16-22(2)12-14-32-26)18-24-5-4-6-28(34-24)30-33-17-29(37-30)23-7-9-27(36-3)10-8-23/h4-17H,18-20H2,1-3H3. The van der Waals surface area contributed by atoms with Gasteiger partial charge in [-0.25, -0.2) is 9.97 Å². The number of hydrogen-bond acceptors (Lipinski definition) is 7. The molecule has 6 nitrogen and oxygen atoms in total. The fourth-order valence-electron chi connectivity index (χ4n) is 4.19. The highest BCUT2D eigenvalue weighted by molar-refractivity contribution is 7.18. The van der Waals surface area contributed by atoms with Gasteiger partial charge in [0.2, 0.25) is 0 Å². The van der Waals surface area contributed by atoms with E-state index in [0.29, 0.717) is 19.6 Å². The number of ether oxygens (including phenoxy) is 1. The van der Waals surface area contributed by atoms with Crippen LogP contribution in [0.4, 0.5) is 0 Å². The fourth-order valence-corrected chi connectivity index (χ4v) is 5.08. The first-order chi connectivity index (χ1) is 18.1. The van der Waals surface area contributed by atoms with Gasteiger partial charge in [0.15, 0.2) is 0 Å². The predicted molar refractivity (Wildman–Crippen MR) is 148 cm³/mol. The number of nitrogens with zero attached hydrogens (tertiary/aromatic N) is 5. The number of pyridine rings is 3. The molecular formula is C30H29N5OS. The molecule has 0 unspecified atom stereocenters. The van der Waals surface area contributed by atoms with E-state index < -0.39 is 0 Å². The van der Waals surface area contributed by atoms with Crippen LogP contribution in [0.1, 0.15) is 28.2 Å². The van der Waals surface area contributed by atoms with Crippen LogP contribution in [0, 0.1) is 13.8 Å². The van der Waals surface area contributed by atoms with Gasteiger partial charge in [-0.3, -0.25) is 14.9 Å². The van der Waals surface area contributed by atoms with Crippen molar-refractivity contribution in [3.8, 4) is 26.9 Å². The molecule has 0 radical (unpaired) electrons. The summed E-state index contributed by atoms with van der Waals surface area (Å²) < 4.78 is 5.28. The average Bonchev–Trinajstić information content (AvgIpc) is 3.39. The number of thiazole rings is 1. The number of methoxy groups -OCH3 is 1. The maximum atomic E-state index is 5.28. The molecule has 5 aromatic rings. The topological polar surface area (TPSA) is 64.0 Å². The summed E-state index contributed by atoms with van der Waals surface area (Å²) >= 11 is 1.64. The second-order valence-corrected chi connectivity index (χ2v) is 10.1. The number of rotatable bonds is 9. The minimum absolute atomic E-state index is 0.676. The Hall–Kier alpha value is -3.94. The first kappa shape index (κ1) is 24.7. The van der Waals surface area contributed by atoms with E-state index in [4.69, 9.17) is 9.72 Å². The molecule has 0 atom stereocenters. The minimum Gasteiger partial charge on any atom is -0.497 e. The second-order valence-electron chi connectivity index (χ2n) is 9.07. The normalized spacial score (nSPS) is 11.1. The monoisotopic (exact) mass is 507 g/mol. The van der Waals surface area contributed by atoms with Crippen LogP contribution >= 0.6 is 11.3 Å². The molecule has 4 heterocycles. The maximum Gasteiger partial charge on any atom is 0.142 e. The van der Waals surface area contributed by atoms with E-state index in [1.54, 1.807) is 18.4 Å². The van der Waals surface area contributed by atoms with E-state index in [1.807, 2.05) is 48.9 Å². The van der Waals surface area contributed by atoms with Gasteiger partial charge in [0.1, 0.15) is 10.8 Å². The van der Waals surface area contributed by atoms with Crippen molar-refractivity contribution in [1.29, 1.82) is 0 Å². The van der Waals surface area contributed by atoms with Crippen molar-refractivity contribution in [2.75, 3.05) is 7.11 Å². The van der Waals surface area contributed by atoms with Crippen LogP contribution in [-0.2, 0) is 19.6 Å². The van der Waals surface area contributed by atoms with Crippen LogP contribution in [0.5, 0.6) is 5.75 Å². The van der Waals surface area contributed by atoms with Crippen LogP contribution in [0.2, 0.25) is 0 Å². The van der Waals surface area contributed by atoms with Crippen LogP contribution in [0.15, 0.2) is 85.3 Å². The lowest BCUT2D eigenvalue weighted by Crippen LogP contribution is -2.24. The molecule has 0 aliphatic carbocycles. The Morgan fingerprint density at radius 3 is 2.03 bits per heavy atom. The van der Waals surface area contributed by atoms with Crippen molar-refractivity contribution in [2.45, 2.75) is 33.5 Å². The van der Waals surface area contributed by atoms with Crippen molar-refractivity contribution in [2.24, 2.45) is 0 Å². The third-order valence-corrected chi connectivity index (χ3v) is 7.08. The van der Waals surface area contributed by atoms with Crippen LogP contribution < -0.4 is 4.74 Å². The summed E-state index contributed by atoms with van der Waals surface area (Å²) in [5.74, 6) is 0.842. The molecule has 4 aromatic heterocycles. The summed E-state index contributed by atoms with van der Waals surface area (Å²) in [7, 11) is 1.68.